The summed E-state index contributed by atoms with van der Waals surface area (Å²) in [5.41, 5.74) is 3.85. The largest absolute Gasteiger partial charge is 0.497 e. The van der Waals surface area contributed by atoms with Crippen LogP contribution in [-0.2, 0) is 4.79 Å². The molecule has 0 spiro atoms. The van der Waals surface area contributed by atoms with Crippen LogP contribution in [0.2, 0.25) is 0 Å². The van der Waals surface area contributed by atoms with Crippen molar-refractivity contribution >= 4 is 33.3 Å². The molecular formula is C24H24N4O3S. The second-order valence-corrected chi connectivity index (χ2v) is 8.82. The van der Waals surface area contributed by atoms with Gasteiger partial charge in [0, 0.05) is 17.9 Å². The number of rotatable bonds is 6. The van der Waals surface area contributed by atoms with Crippen molar-refractivity contribution in [2.75, 3.05) is 19.0 Å². The van der Waals surface area contributed by atoms with E-state index in [4.69, 9.17) is 19.6 Å². The van der Waals surface area contributed by atoms with Crippen molar-refractivity contribution in [3.05, 3.63) is 59.3 Å². The van der Waals surface area contributed by atoms with Gasteiger partial charge < -0.3 is 14.8 Å². The third-order valence-electron chi connectivity index (χ3n) is 5.62. The minimum atomic E-state index is -0.0674. The standard InChI is InChI=1S/C24H24N4O3S/c1-4-11-31-16-7-5-15(6-8-16)18-13-21(29)26-23-22(18)14(2)27-28(23)24-25-19-10-9-17(30-3)12-20(19)32-24/h5-10,12,18H,4,11,13H2,1-3H3,(H,26,29)/t18-/m0/s1. The van der Waals surface area contributed by atoms with Gasteiger partial charge >= 0.3 is 0 Å². The summed E-state index contributed by atoms with van der Waals surface area (Å²) >= 11 is 1.52. The predicted octanol–water partition coefficient (Wildman–Crippen LogP) is 5.06. The molecule has 8 heteroatoms. The smallest absolute Gasteiger partial charge is 0.226 e. The minimum Gasteiger partial charge on any atom is -0.497 e. The molecule has 1 aliphatic heterocycles. The van der Waals surface area contributed by atoms with Crippen molar-refractivity contribution in [1.82, 2.24) is 14.8 Å². The van der Waals surface area contributed by atoms with E-state index in [1.165, 1.54) is 11.3 Å². The Kier molecular flexibility index (Phi) is 5.30. The molecule has 1 atom stereocenters. The van der Waals surface area contributed by atoms with Gasteiger partial charge in [0.25, 0.3) is 0 Å². The quantitative estimate of drug-likeness (QED) is 0.446. The van der Waals surface area contributed by atoms with E-state index in [1.807, 2.05) is 49.4 Å². The van der Waals surface area contributed by atoms with E-state index in [1.54, 1.807) is 11.8 Å². The number of nitrogens with one attached hydrogen (secondary N) is 1. The number of methoxy groups -OCH3 is 1. The second kappa shape index (κ2) is 8.27. The van der Waals surface area contributed by atoms with Crippen LogP contribution < -0.4 is 14.8 Å². The molecule has 1 aliphatic rings. The SMILES string of the molecule is CCCOc1ccc([C@@H]2CC(=O)Nc3c2c(C)nn3-c2nc3ccc(OC)cc3s2)cc1. The number of benzene rings is 2. The Morgan fingerprint density at radius 3 is 2.72 bits per heavy atom. The number of hydrogen-bond acceptors (Lipinski definition) is 6. The predicted molar refractivity (Wildman–Crippen MR) is 125 cm³/mol. The van der Waals surface area contributed by atoms with Crippen LogP contribution in [0.3, 0.4) is 0 Å². The minimum absolute atomic E-state index is 0.0299. The number of nitrogens with zero attached hydrogens (tertiary/aromatic N) is 3. The molecule has 0 saturated heterocycles. The van der Waals surface area contributed by atoms with E-state index in [2.05, 4.69) is 12.2 Å². The first-order valence-electron chi connectivity index (χ1n) is 10.6. The molecule has 0 unspecified atom stereocenters. The lowest BCUT2D eigenvalue weighted by molar-refractivity contribution is -0.116. The number of thiazole rings is 1. The number of fused-ring (bicyclic) bond motifs is 2. The fourth-order valence-electron chi connectivity index (χ4n) is 4.10. The highest BCUT2D eigenvalue weighted by Crippen LogP contribution is 2.41. The highest BCUT2D eigenvalue weighted by Gasteiger charge is 2.33. The van der Waals surface area contributed by atoms with E-state index >= 15 is 0 Å². The van der Waals surface area contributed by atoms with E-state index in [-0.39, 0.29) is 11.8 Å². The van der Waals surface area contributed by atoms with Crippen LogP contribution in [0.5, 0.6) is 11.5 Å². The average molecular weight is 449 g/mol. The van der Waals surface area contributed by atoms with Gasteiger partial charge in [-0.25, -0.2) is 4.98 Å². The molecule has 3 heterocycles. The van der Waals surface area contributed by atoms with E-state index in [0.29, 0.717) is 24.0 Å². The summed E-state index contributed by atoms with van der Waals surface area (Å²) in [4.78, 5) is 17.4. The summed E-state index contributed by atoms with van der Waals surface area (Å²) in [7, 11) is 1.65. The van der Waals surface area contributed by atoms with Gasteiger partial charge in [0.15, 0.2) is 0 Å². The number of carbonyl (C=O) groups excluding carboxylic acids is 1. The van der Waals surface area contributed by atoms with Gasteiger partial charge in [0.1, 0.15) is 17.3 Å². The summed E-state index contributed by atoms with van der Waals surface area (Å²) in [5, 5.41) is 8.51. The zero-order valence-corrected chi connectivity index (χ0v) is 19.0. The maximum atomic E-state index is 12.7. The number of amides is 1. The first kappa shape index (κ1) is 20.5. The fraction of sp³-hybridized carbons (Fsp3) is 0.292. The van der Waals surface area contributed by atoms with Crippen LogP contribution in [0.15, 0.2) is 42.5 Å². The number of anilines is 1. The van der Waals surface area contributed by atoms with E-state index in [9.17, 15) is 4.79 Å². The summed E-state index contributed by atoms with van der Waals surface area (Å²) in [5.74, 6) is 2.22. The Labute approximate surface area is 190 Å². The fourth-order valence-corrected chi connectivity index (χ4v) is 5.05. The molecule has 32 heavy (non-hydrogen) atoms. The van der Waals surface area contributed by atoms with Crippen LogP contribution >= 0.6 is 11.3 Å². The first-order valence-corrected chi connectivity index (χ1v) is 11.5. The van der Waals surface area contributed by atoms with Gasteiger partial charge in [-0.1, -0.05) is 30.4 Å². The van der Waals surface area contributed by atoms with Crippen molar-refractivity contribution < 1.29 is 14.3 Å². The number of hydrogen-bond donors (Lipinski definition) is 1. The normalized spacial score (nSPS) is 15.5. The highest BCUT2D eigenvalue weighted by atomic mass is 32.1. The maximum absolute atomic E-state index is 12.7. The summed E-state index contributed by atoms with van der Waals surface area (Å²) in [6, 6.07) is 13.8. The molecule has 0 bridgehead atoms. The Bertz CT molecular complexity index is 1290. The highest BCUT2D eigenvalue weighted by molar-refractivity contribution is 7.20. The zero-order valence-electron chi connectivity index (χ0n) is 18.2. The molecule has 0 fully saturated rings. The molecule has 164 valence electrons. The second-order valence-electron chi connectivity index (χ2n) is 7.81. The van der Waals surface area contributed by atoms with Crippen LogP contribution in [0.1, 0.15) is 42.5 Å². The monoisotopic (exact) mass is 448 g/mol. The summed E-state index contributed by atoms with van der Waals surface area (Å²) in [6.07, 6.45) is 1.34. The van der Waals surface area contributed by atoms with E-state index < -0.39 is 0 Å². The molecular weight excluding hydrogens is 424 g/mol. The third kappa shape index (κ3) is 3.60. The van der Waals surface area contributed by atoms with Gasteiger partial charge in [0.05, 0.1) is 29.6 Å². The number of aryl methyl sites for hydroxylation is 1. The molecule has 1 N–H and O–H groups in total. The Balaban J connectivity index is 1.55. The Morgan fingerprint density at radius 2 is 1.97 bits per heavy atom. The average Bonchev–Trinajstić information content (AvgIpc) is 3.37. The molecule has 0 radical (unpaired) electrons. The lowest BCUT2D eigenvalue weighted by Gasteiger charge is -2.24. The third-order valence-corrected chi connectivity index (χ3v) is 6.62. The number of aromatic nitrogens is 3. The van der Waals surface area contributed by atoms with Gasteiger partial charge in [0.2, 0.25) is 11.0 Å². The van der Waals surface area contributed by atoms with Crippen molar-refractivity contribution in [1.29, 1.82) is 0 Å². The maximum Gasteiger partial charge on any atom is 0.226 e. The number of ether oxygens (including phenoxy) is 2. The Hall–Kier alpha value is -3.39. The van der Waals surface area contributed by atoms with Gasteiger partial charge in [-0.15, -0.1) is 0 Å². The van der Waals surface area contributed by atoms with Crippen LogP contribution in [0, 0.1) is 6.92 Å². The lowest BCUT2D eigenvalue weighted by atomic mass is 9.86. The van der Waals surface area contributed by atoms with Gasteiger partial charge in [-0.05, 0) is 49.2 Å². The summed E-state index contributed by atoms with van der Waals surface area (Å²) in [6.45, 7) is 4.75. The van der Waals surface area contributed by atoms with Crippen molar-refractivity contribution in [3.63, 3.8) is 0 Å². The van der Waals surface area contributed by atoms with Crippen LogP contribution in [0.25, 0.3) is 15.3 Å². The van der Waals surface area contributed by atoms with Crippen molar-refractivity contribution in [2.24, 2.45) is 0 Å². The van der Waals surface area contributed by atoms with Crippen LogP contribution in [-0.4, -0.2) is 34.4 Å². The number of carbonyl (C=O) groups is 1. The molecule has 1 amide bonds. The summed E-state index contributed by atoms with van der Waals surface area (Å²) < 4.78 is 13.8. The topological polar surface area (TPSA) is 78.3 Å². The molecule has 2 aromatic carbocycles. The lowest BCUT2D eigenvalue weighted by Crippen LogP contribution is -2.24. The zero-order chi connectivity index (χ0) is 22.2. The van der Waals surface area contributed by atoms with Crippen molar-refractivity contribution in [2.45, 2.75) is 32.6 Å². The van der Waals surface area contributed by atoms with Gasteiger partial charge in [-0.3, -0.25) is 4.79 Å². The first-order chi connectivity index (χ1) is 15.6. The molecule has 2 aromatic heterocycles. The van der Waals surface area contributed by atoms with Gasteiger partial charge in [-0.2, -0.15) is 9.78 Å². The van der Waals surface area contributed by atoms with Crippen LogP contribution in [0.4, 0.5) is 5.82 Å². The molecule has 0 aliphatic carbocycles. The molecule has 5 rings (SSSR count). The Morgan fingerprint density at radius 1 is 1.19 bits per heavy atom. The molecule has 4 aromatic rings. The molecule has 7 nitrogen and oxygen atoms in total. The van der Waals surface area contributed by atoms with Crippen molar-refractivity contribution in [3.8, 4) is 16.6 Å². The van der Waals surface area contributed by atoms with E-state index in [0.717, 1.165) is 45.0 Å². The molecule has 0 saturated carbocycles.